The van der Waals surface area contributed by atoms with Crippen LogP contribution >= 0.6 is 0 Å². The van der Waals surface area contributed by atoms with Crippen molar-refractivity contribution in [2.24, 2.45) is 9.36 Å². The molecule has 0 spiro atoms. The van der Waals surface area contributed by atoms with Crippen LogP contribution in [0.3, 0.4) is 0 Å². The van der Waals surface area contributed by atoms with Gasteiger partial charge in [0.1, 0.15) is 21.9 Å². The van der Waals surface area contributed by atoms with Crippen molar-refractivity contribution in [2.45, 2.75) is 62.3 Å². The van der Waals surface area contributed by atoms with E-state index in [1.54, 1.807) is 46.8 Å². The molecule has 2 N–H and O–H groups in total. The van der Waals surface area contributed by atoms with E-state index in [9.17, 15) is 13.4 Å². The van der Waals surface area contributed by atoms with E-state index < -0.39 is 42.9 Å². The Morgan fingerprint density at radius 1 is 1.25 bits per heavy atom. The fraction of sp³-hybridized carbons (Fsp3) is 0.579. The molecule has 3 aliphatic rings. The van der Waals surface area contributed by atoms with Gasteiger partial charge in [0, 0.05) is 17.8 Å². The Kier molecular flexibility index (Phi) is 3.89. The van der Waals surface area contributed by atoms with E-state index >= 15 is 0 Å². The van der Waals surface area contributed by atoms with Gasteiger partial charge in [-0.15, -0.1) is 0 Å². The quantitative estimate of drug-likeness (QED) is 0.689. The number of hydrogen-bond acceptors (Lipinski definition) is 6. The number of fused-ring (bicyclic) bond motifs is 6. The Morgan fingerprint density at radius 3 is 2.68 bits per heavy atom. The molecule has 0 aliphatic carbocycles. The number of benzene rings is 1. The van der Waals surface area contributed by atoms with Crippen LogP contribution in [-0.4, -0.2) is 38.4 Å². The smallest absolute Gasteiger partial charge is 0.414 e. The summed E-state index contributed by atoms with van der Waals surface area (Å²) in [6, 6.07) is 4.60. The van der Waals surface area contributed by atoms with Gasteiger partial charge in [0.15, 0.2) is 5.72 Å². The highest BCUT2D eigenvalue weighted by Crippen LogP contribution is 2.48. The number of amides is 1. The molecule has 1 amide bonds. The number of aliphatic imine (C=N–C) groups is 1. The van der Waals surface area contributed by atoms with Crippen molar-refractivity contribution in [1.29, 1.82) is 0 Å². The summed E-state index contributed by atoms with van der Waals surface area (Å²) < 4.78 is 38.0. The number of rotatable bonds is 0. The molecule has 1 aromatic carbocycles. The molecular formula is C19H25FN4O3S. The summed E-state index contributed by atoms with van der Waals surface area (Å²) in [5.74, 6) is -0.233. The maximum atomic E-state index is 15.0. The lowest BCUT2D eigenvalue weighted by Crippen LogP contribution is -2.60. The molecule has 3 heterocycles. The molecule has 4 bridgehead atoms. The summed E-state index contributed by atoms with van der Waals surface area (Å²) in [4.78, 5) is 17.4. The number of anilines is 1. The van der Waals surface area contributed by atoms with Crippen molar-refractivity contribution in [3.05, 3.63) is 29.6 Å². The molecule has 0 saturated heterocycles. The van der Waals surface area contributed by atoms with Gasteiger partial charge in [0.25, 0.3) is 0 Å². The zero-order valence-corrected chi connectivity index (χ0v) is 17.4. The van der Waals surface area contributed by atoms with Gasteiger partial charge >= 0.3 is 6.09 Å². The fourth-order valence-electron chi connectivity index (χ4n) is 4.37. The maximum absolute atomic E-state index is 15.0. The van der Waals surface area contributed by atoms with Gasteiger partial charge in [-0.2, -0.15) is 0 Å². The number of carbonyl (C=O) groups excluding carboxylic acids is 1. The molecule has 0 radical (unpaired) electrons. The van der Waals surface area contributed by atoms with Gasteiger partial charge in [-0.1, -0.05) is 0 Å². The van der Waals surface area contributed by atoms with E-state index in [1.807, 2.05) is 0 Å². The summed E-state index contributed by atoms with van der Waals surface area (Å²) in [7, 11) is -2.83. The molecule has 1 aromatic rings. The van der Waals surface area contributed by atoms with Gasteiger partial charge in [-0.05, 0) is 59.2 Å². The molecule has 7 nitrogen and oxygen atoms in total. The molecule has 1 unspecified atom stereocenters. The van der Waals surface area contributed by atoms with E-state index in [4.69, 9.17) is 9.73 Å². The van der Waals surface area contributed by atoms with Crippen molar-refractivity contribution in [2.75, 3.05) is 11.9 Å². The summed E-state index contributed by atoms with van der Waals surface area (Å²) in [5.41, 5.74) is -1.27. The molecule has 9 heteroatoms. The Morgan fingerprint density at radius 2 is 1.96 bits per heavy atom. The molecule has 28 heavy (non-hydrogen) atoms. The van der Waals surface area contributed by atoms with Crippen molar-refractivity contribution < 1.29 is 18.1 Å². The third-order valence-corrected chi connectivity index (χ3v) is 9.55. The lowest BCUT2D eigenvalue weighted by atomic mass is 9.85. The molecule has 3 atom stereocenters. The third kappa shape index (κ3) is 2.55. The SMILES string of the molecule is CC1(C)Nc2ccc(F)c(c2)[C@@]2(C)N=C(NC(=O)O1)C(C)(C)[S@@]1(=O)=NCCC21. The van der Waals surface area contributed by atoms with Crippen molar-refractivity contribution in [3.8, 4) is 0 Å². The highest BCUT2D eigenvalue weighted by Gasteiger charge is 2.58. The average Bonchev–Trinajstić information content (AvgIpc) is 2.98. The number of hydrogen-bond donors (Lipinski definition) is 2. The summed E-state index contributed by atoms with van der Waals surface area (Å²) >= 11 is 0. The molecule has 0 fully saturated rings. The van der Waals surface area contributed by atoms with Gasteiger partial charge in [-0.25, -0.2) is 17.8 Å². The van der Waals surface area contributed by atoms with E-state index in [0.717, 1.165) is 0 Å². The zero-order chi connectivity index (χ0) is 20.5. The number of carbonyl (C=O) groups is 1. The van der Waals surface area contributed by atoms with Crippen LogP contribution in [0.5, 0.6) is 0 Å². The normalized spacial score (nSPS) is 35.1. The van der Waals surface area contributed by atoms with E-state index in [-0.39, 0.29) is 5.84 Å². The molecule has 152 valence electrons. The van der Waals surface area contributed by atoms with Gasteiger partial charge in [-0.3, -0.25) is 10.3 Å². The number of alkyl carbamates (subject to hydrolysis) is 1. The number of cyclic esters (lactones) is 1. The second kappa shape index (κ2) is 5.68. The van der Waals surface area contributed by atoms with Crippen LogP contribution in [0.15, 0.2) is 27.6 Å². The minimum atomic E-state index is -2.83. The Bertz CT molecular complexity index is 1030. The lowest BCUT2D eigenvalue weighted by Gasteiger charge is -2.45. The van der Waals surface area contributed by atoms with Crippen molar-refractivity contribution >= 4 is 27.3 Å². The summed E-state index contributed by atoms with van der Waals surface area (Å²) in [6.07, 6.45) is -0.177. The van der Waals surface area contributed by atoms with E-state index in [0.29, 0.717) is 24.2 Å². The topological polar surface area (TPSA) is 92.1 Å². The van der Waals surface area contributed by atoms with Crippen LogP contribution in [0, 0.1) is 5.82 Å². The number of halogens is 1. The second-order valence-electron chi connectivity index (χ2n) is 8.66. The first-order chi connectivity index (χ1) is 12.9. The number of amidine groups is 1. The summed E-state index contributed by atoms with van der Waals surface area (Å²) in [5, 5.41) is 5.31. The minimum absolute atomic E-state index is 0.203. The molecule has 0 aromatic heterocycles. The predicted octanol–water partition coefficient (Wildman–Crippen LogP) is 3.36. The average molecular weight is 408 g/mol. The highest BCUT2D eigenvalue weighted by molar-refractivity contribution is 7.96. The van der Waals surface area contributed by atoms with Crippen molar-refractivity contribution in [3.63, 3.8) is 0 Å². The van der Waals surface area contributed by atoms with E-state index in [2.05, 4.69) is 15.0 Å². The molecule has 3 aliphatic heterocycles. The predicted molar refractivity (Wildman–Crippen MR) is 106 cm³/mol. The first-order valence-corrected chi connectivity index (χ1v) is 10.9. The van der Waals surface area contributed by atoms with Crippen LogP contribution in [0.2, 0.25) is 0 Å². The van der Waals surface area contributed by atoms with E-state index in [1.165, 1.54) is 6.07 Å². The largest absolute Gasteiger partial charge is 0.423 e. The van der Waals surface area contributed by atoms with Crippen LogP contribution in [0.25, 0.3) is 0 Å². The van der Waals surface area contributed by atoms with Crippen molar-refractivity contribution in [1.82, 2.24) is 5.32 Å². The van der Waals surface area contributed by atoms with Gasteiger partial charge in [0.2, 0.25) is 0 Å². The monoisotopic (exact) mass is 408 g/mol. The summed E-state index contributed by atoms with van der Waals surface area (Å²) in [6.45, 7) is 9.09. The highest BCUT2D eigenvalue weighted by atomic mass is 32.2. The molecule has 0 saturated carbocycles. The van der Waals surface area contributed by atoms with Crippen LogP contribution in [0.4, 0.5) is 14.9 Å². The van der Waals surface area contributed by atoms with Gasteiger partial charge < -0.3 is 10.1 Å². The maximum Gasteiger partial charge on any atom is 0.414 e. The molecular weight excluding hydrogens is 383 g/mol. The zero-order valence-electron chi connectivity index (χ0n) is 16.6. The Balaban J connectivity index is 2.04. The van der Waals surface area contributed by atoms with Crippen LogP contribution in [0.1, 0.15) is 46.6 Å². The number of nitrogens with zero attached hydrogens (tertiary/aromatic N) is 2. The Hall–Kier alpha value is -2.16. The Labute approximate surface area is 164 Å². The first kappa shape index (κ1) is 19.2. The minimum Gasteiger partial charge on any atom is -0.423 e. The fourth-order valence-corrected chi connectivity index (χ4v) is 7.56. The third-order valence-electron chi connectivity index (χ3n) is 5.86. The first-order valence-electron chi connectivity index (χ1n) is 9.29. The second-order valence-corrected chi connectivity index (χ2v) is 11.6. The standard InChI is InChI=1S/C19H25FN4O3S/c1-17(2)15-22-16(25)27-18(3,4)23-11-6-7-13(20)12(10-11)19(5,24-15)14-8-9-21-28(14,17)26/h6-7,10,14,23H,8-9H2,1-5H3,(H,22,24,25)/t14?,19-,28-/m1/s1. The van der Waals surface area contributed by atoms with Gasteiger partial charge in [0.05, 0.1) is 15.0 Å². The lowest BCUT2D eigenvalue weighted by molar-refractivity contribution is 0.0625. The van der Waals surface area contributed by atoms with Crippen LogP contribution in [-0.2, 0) is 20.0 Å². The number of ether oxygens (including phenoxy) is 1. The number of nitrogens with one attached hydrogen (secondary N) is 2. The van der Waals surface area contributed by atoms with Crippen LogP contribution < -0.4 is 10.6 Å². The molecule has 4 rings (SSSR count).